The Labute approximate surface area is 207 Å². The standard InChI is InChI=1S/C25H37ClN6O2/c1-25(7-10-34-11-8-25)17-29-24-13-18(15-30-32-24)21-14-23(28-16-22(21)26)31-20-5-3-19(4-6-20)27-9-12-33-2/h13-16,19-20,27H,3-12,17H2,1-2H3,(H,28,31)(H,29,32). The Bertz CT molecular complexity index is 916. The first-order valence-corrected chi connectivity index (χ1v) is 12.7. The minimum absolute atomic E-state index is 0.208. The number of methoxy groups -OCH3 is 1. The van der Waals surface area contributed by atoms with Crippen molar-refractivity contribution in [1.29, 1.82) is 0 Å². The number of nitrogens with zero attached hydrogens (tertiary/aromatic N) is 3. The summed E-state index contributed by atoms with van der Waals surface area (Å²) in [5.74, 6) is 1.60. The van der Waals surface area contributed by atoms with Gasteiger partial charge in [-0.25, -0.2) is 4.98 Å². The van der Waals surface area contributed by atoms with Crippen molar-refractivity contribution in [2.24, 2.45) is 5.41 Å². The van der Waals surface area contributed by atoms with Crippen LogP contribution in [-0.4, -0.2) is 67.3 Å². The predicted molar refractivity (Wildman–Crippen MR) is 136 cm³/mol. The summed E-state index contributed by atoms with van der Waals surface area (Å²) in [6.45, 7) is 6.43. The molecule has 0 unspecified atom stereocenters. The van der Waals surface area contributed by atoms with E-state index in [2.05, 4.69) is 38.1 Å². The van der Waals surface area contributed by atoms with Crippen LogP contribution in [0.5, 0.6) is 0 Å². The molecule has 1 aliphatic heterocycles. The molecule has 0 atom stereocenters. The molecule has 4 rings (SSSR count). The molecule has 34 heavy (non-hydrogen) atoms. The minimum Gasteiger partial charge on any atom is -0.383 e. The quantitative estimate of drug-likeness (QED) is 0.424. The number of halogens is 1. The number of nitrogens with one attached hydrogen (secondary N) is 3. The van der Waals surface area contributed by atoms with Crippen molar-refractivity contribution < 1.29 is 9.47 Å². The van der Waals surface area contributed by atoms with Gasteiger partial charge in [0.05, 0.1) is 17.8 Å². The molecule has 2 aromatic rings. The van der Waals surface area contributed by atoms with Gasteiger partial charge >= 0.3 is 0 Å². The lowest BCUT2D eigenvalue weighted by molar-refractivity contribution is 0.0299. The molecule has 0 spiro atoms. The highest BCUT2D eigenvalue weighted by molar-refractivity contribution is 6.33. The predicted octanol–water partition coefficient (Wildman–Crippen LogP) is 4.38. The van der Waals surface area contributed by atoms with Crippen molar-refractivity contribution in [2.75, 3.05) is 50.7 Å². The van der Waals surface area contributed by atoms with Gasteiger partial charge in [0.25, 0.3) is 0 Å². The number of hydrogen-bond donors (Lipinski definition) is 3. The Morgan fingerprint density at radius 3 is 2.62 bits per heavy atom. The summed E-state index contributed by atoms with van der Waals surface area (Å²) >= 11 is 6.54. The molecular formula is C25H37ClN6O2. The molecule has 1 saturated heterocycles. The third kappa shape index (κ3) is 7.01. The number of rotatable bonds is 10. The zero-order chi connectivity index (χ0) is 23.8. The molecule has 0 bridgehead atoms. The molecule has 1 aliphatic carbocycles. The van der Waals surface area contributed by atoms with Crippen molar-refractivity contribution in [1.82, 2.24) is 20.5 Å². The fraction of sp³-hybridized carbons (Fsp3) is 0.640. The van der Waals surface area contributed by atoms with Gasteiger partial charge in [-0.05, 0) is 56.1 Å². The van der Waals surface area contributed by atoms with Crippen LogP contribution < -0.4 is 16.0 Å². The van der Waals surface area contributed by atoms with E-state index in [1.54, 1.807) is 19.5 Å². The SMILES string of the molecule is COCCNC1CCC(Nc2cc(-c3cnnc(NCC4(C)CCOCC4)c3)c(Cl)cn2)CC1. The first-order valence-electron chi connectivity index (χ1n) is 12.3. The molecule has 2 aromatic heterocycles. The second-order valence-corrected chi connectivity index (χ2v) is 10.2. The van der Waals surface area contributed by atoms with E-state index in [-0.39, 0.29) is 5.41 Å². The zero-order valence-electron chi connectivity index (χ0n) is 20.3. The van der Waals surface area contributed by atoms with Gasteiger partial charge in [-0.1, -0.05) is 18.5 Å². The van der Waals surface area contributed by atoms with Crippen molar-refractivity contribution in [3.63, 3.8) is 0 Å². The molecule has 0 aromatic carbocycles. The van der Waals surface area contributed by atoms with Crippen LogP contribution in [0.2, 0.25) is 5.02 Å². The molecule has 2 aliphatic rings. The average Bonchev–Trinajstić information content (AvgIpc) is 2.86. The average molecular weight is 489 g/mol. The van der Waals surface area contributed by atoms with E-state index in [4.69, 9.17) is 21.1 Å². The van der Waals surface area contributed by atoms with E-state index in [9.17, 15) is 0 Å². The van der Waals surface area contributed by atoms with Gasteiger partial charge < -0.3 is 25.4 Å². The number of anilines is 2. The zero-order valence-corrected chi connectivity index (χ0v) is 21.0. The van der Waals surface area contributed by atoms with Gasteiger partial charge in [0.15, 0.2) is 0 Å². The summed E-state index contributed by atoms with van der Waals surface area (Å²) in [4.78, 5) is 4.53. The number of pyridine rings is 1. The minimum atomic E-state index is 0.208. The summed E-state index contributed by atoms with van der Waals surface area (Å²) in [5.41, 5.74) is 2.04. The van der Waals surface area contributed by atoms with Crippen molar-refractivity contribution in [2.45, 2.75) is 57.5 Å². The van der Waals surface area contributed by atoms with Gasteiger partial charge in [0.1, 0.15) is 11.6 Å². The van der Waals surface area contributed by atoms with Gasteiger partial charge in [0.2, 0.25) is 0 Å². The smallest absolute Gasteiger partial charge is 0.149 e. The van der Waals surface area contributed by atoms with Gasteiger partial charge in [-0.3, -0.25) is 0 Å². The highest BCUT2D eigenvalue weighted by Crippen LogP contribution is 2.32. The van der Waals surface area contributed by atoms with Crippen molar-refractivity contribution >= 4 is 23.2 Å². The summed E-state index contributed by atoms with van der Waals surface area (Å²) in [6.07, 6.45) is 10.1. The molecule has 186 valence electrons. The molecule has 1 saturated carbocycles. The van der Waals surface area contributed by atoms with E-state index in [1.807, 2.05) is 12.1 Å². The molecule has 2 fully saturated rings. The van der Waals surface area contributed by atoms with E-state index in [1.165, 1.54) is 0 Å². The Hall–Kier alpha value is -2.00. The Morgan fingerprint density at radius 1 is 1.09 bits per heavy atom. The van der Waals surface area contributed by atoms with Gasteiger partial charge in [0, 0.05) is 62.8 Å². The van der Waals surface area contributed by atoms with Crippen LogP contribution in [0.4, 0.5) is 11.6 Å². The number of hydrogen-bond acceptors (Lipinski definition) is 8. The van der Waals surface area contributed by atoms with Gasteiger partial charge in [-0.15, -0.1) is 5.10 Å². The summed E-state index contributed by atoms with van der Waals surface area (Å²) in [6, 6.07) is 5.01. The number of ether oxygens (including phenoxy) is 2. The fourth-order valence-corrected chi connectivity index (χ4v) is 4.91. The maximum Gasteiger partial charge on any atom is 0.149 e. The third-order valence-corrected chi connectivity index (χ3v) is 7.34. The van der Waals surface area contributed by atoms with Crippen LogP contribution >= 0.6 is 11.6 Å². The van der Waals surface area contributed by atoms with E-state index >= 15 is 0 Å². The molecule has 3 N–H and O–H groups in total. The van der Waals surface area contributed by atoms with Crippen molar-refractivity contribution in [3.8, 4) is 11.1 Å². The molecule has 0 amide bonds. The lowest BCUT2D eigenvalue weighted by Crippen LogP contribution is -2.38. The summed E-state index contributed by atoms with van der Waals surface area (Å²) < 4.78 is 10.6. The monoisotopic (exact) mass is 488 g/mol. The van der Waals surface area contributed by atoms with E-state index < -0.39 is 0 Å². The second-order valence-electron chi connectivity index (χ2n) is 9.80. The molecule has 8 nitrogen and oxygen atoms in total. The fourth-order valence-electron chi connectivity index (χ4n) is 4.70. The Morgan fingerprint density at radius 2 is 1.85 bits per heavy atom. The maximum absolute atomic E-state index is 6.54. The molecule has 0 radical (unpaired) electrons. The molecule has 9 heteroatoms. The second kappa shape index (κ2) is 12.1. The Balaban J connectivity index is 1.36. The van der Waals surface area contributed by atoms with E-state index in [0.29, 0.717) is 17.1 Å². The highest BCUT2D eigenvalue weighted by Gasteiger charge is 2.27. The summed E-state index contributed by atoms with van der Waals surface area (Å²) in [7, 11) is 1.74. The summed E-state index contributed by atoms with van der Waals surface area (Å²) in [5, 5.41) is 19.8. The highest BCUT2D eigenvalue weighted by atomic mass is 35.5. The van der Waals surface area contributed by atoms with Crippen LogP contribution in [0.15, 0.2) is 24.5 Å². The molecular weight excluding hydrogens is 452 g/mol. The van der Waals surface area contributed by atoms with E-state index in [0.717, 1.165) is 94.2 Å². The maximum atomic E-state index is 6.54. The van der Waals surface area contributed by atoms with Crippen molar-refractivity contribution in [3.05, 3.63) is 29.5 Å². The van der Waals surface area contributed by atoms with Crippen LogP contribution in [0.25, 0.3) is 11.1 Å². The van der Waals surface area contributed by atoms with Gasteiger partial charge in [-0.2, -0.15) is 5.10 Å². The third-order valence-electron chi connectivity index (χ3n) is 7.04. The lowest BCUT2D eigenvalue weighted by atomic mass is 9.82. The topological polar surface area (TPSA) is 93.2 Å². The Kier molecular flexibility index (Phi) is 8.94. The largest absolute Gasteiger partial charge is 0.383 e. The van der Waals surface area contributed by atoms with Crippen LogP contribution in [0.1, 0.15) is 45.4 Å². The lowest BCUT2D eigenvalue weighted by Gasteiger charge is -2.33. The first-order chi connectivity index (χ1) is 16.5. The van der Waals surface area contributed by atoms with Crippen LogP contribution in [0, 0.1) is 5.41 Å². The van der Waals surface area contributed by atoms with Crippen LogP contribution in [0.3, 0.4) is 0 Å². The number of aromatic nitrogens is 3. The molecule has 3 heterocycles. The van der Waals surface area contributed by atoms with Crippen LogP contribution in [-0.2, 0) is 9.47 Å². The normalized spacial score (nSPS) is 22.3. The first kappa shape index (κ1) is 25.1.